The van der Waals surface area contributed by atoms with Crippen molar-refractivity contribution in [3.05, 3.63) is 0 Å². The van der Waals surface area contributed by atoms with Crippen LogP contribution in [0.5, 0.6) is 0 Å². The van der Waals surface area contributed by atoms with Gasteiger partial charge in [0.2, 0.25) is 0 Å². The molecule has 17 heavy (non-hydrogen) atoms. The Balaban J connectivity index is 4.62. The number of carbonyl (C=O) groups excluding carboxylic acids is 1. The Kier molecular flexibility index (Phi) is 6.34. The number of aliphatic carboxylic acids is 1. The van der Waals surface area contributed by atoms with Crippen LogP contribution in [0.25, 0.3) is 0 Å². The summed E-state index contributed by atoms with van der Waals surface area (Å²) < 4.78 is 0.423. The highest BCUT2D eigenvalue weighted by Crippen LogP contribution is 2.13. The Bertz CT molecular complexity index is 270. The summed E-state index contributed by atoms with van der Waals surface area (Å²) in [5, 5.41) is 18.9. The molecule has 0 rings (SSSR count). The van der Waals surface area contributed by atoms with Gasteiger partial charge in [-0.3, -0.25) is 9.59 Å². The third kappa shape index (κ3) is 6.38. The van der Waals surface area contributed by atoms with E-state index in [1.807, 2.05) is 28.1 Å². The van der Waals surface area contributed by atoms with E-state index in [0.29, 0.717) is 10.9 Å². The number of carboxylic acid groups (broad SMARTS) is 1. The van der Waals surface area contributed by atoms with Gasteiger partial charge in [-0.25, -0.2) is 0 Å². The Labute approximate surface area is 103 Å². The van der Waals surface area contributed by atoms with E-state index in [0.717, 1.165) is 6.42 Å². The number of quaternary nitrogens is 1. The zero-order chi connectivity index (χ0) is 13.6. The number of unbranched alkanes of at least 4 members (excludes halogenated alkanes) is 1. The fraction of sp³-hybridized carbons (Fsp3) is 0.833. The van der Waals surface area contributed by atoms with Crippen molar-refractivity contribution in [3.63, 3.8) is 0 Å². The molecule has 0 spiro atoms. The summed E-state index contributed by atoms with van der Waals surface area (Å²) in [6.45, 7) is 2.18. The van der Waals surface area contributed by atoms with Gasteiger partial charge in [0, 0.05) is 6.42 Å². The molecule has 0 saturated heterocycles. The molecule has 0 amide bonds. The van der Waals surface area contributed by atoms with E-state index < -0.39 is 18.0 Å². The molecule has 5 nitrogen and oxygen atoms in total. The monoisotopic (exact) mass is 246 g/mol. The number of carbonyl (C=O) groups is 2. The lowest BCUT2D eigenvalue weighted by Gasteiger charge is -2.28. The number of hydrogen-bond donors (Lipinski definition) is 2. The third-order valence-electron chi connectivity index (χ3n) is 2.51. The number of rotatable bonds is 8. The van der Waals surface area contributed by atoms with Crippen molar-refractivity contribution in [2.24, 2.45) is 5.92 Å². The molecule has 0 aromatic carbocycles. The first-order valence-electron chi connectivity index (χ1n) is 5.93. The normalized spacial score (nSPS) is 15.4. The fourth-order valence-corrected chi connectivity index (χ4v) is 1.69. The first kappa shape index (κ1) is 16.1. The molecule has 0 heterocycles. The standard InChI is InChI=1S/C12H23NO4/c1-5-6-7-9(14)11(12(16)17)10(15)8-13(2,3)4/h10-11,15H,5-8H2,1-4H3/p+1. The van der Waals surface area contributed by atoms with Crippen LogP contribution in [0.2, 0.25) is 0 Å². The number of nitrogens with zero attached hydrogens (tertiary/aromatic N) is 1. The van der Waals surface area contributed by atoms with Crippen LogP contribution in [0, 0.1) is 5.92 Å². The molecular weight excluding hydrogens is 222 g/mol. The summed E-state index contributed by atoms with van der Waals surface area (Å²) in [6.07, 6.45) is 0.599. The van der Waals surface area contributed by atoms with Crippen LogP contribution in [0.4, 0.5) is 0 Å². The molecule has 0 fully saturated rings. The molecule has 0 aliphatic carbocycles. The minimum atomic E-state index is -1.29. The molecule has 2 unspecified atom stereocenters. The van der Waals surface area contributed by atoms with E-state index in [1.54, 1.807) is 0 Å². The van der Waals surface area contributed by atoms with Gasteiger partial charge in [-0.2, -0.15) is 0 Å². The second-order valence-electron chi connectivity index (χ2n) is 5.43. The number of likely N-dealkylation sites (N-methyl/N-ethyl adjacent to an activating group) is 1. The zero-order valence-electron chi connectivity index (χ0n) is 11.1. The highest BCUT2D eigenvalue weighted by molar-refractivity contribution is 5.98. The average Bonchev–Trinajstić information content (AvgIpc) is 2.10. The predicted octanol–water partition coefficient (Wildman–Crippen LogP) is 0.514. The SMILES string of the molecule is CCCCC(=O)C(C(=O)O)C(O)C[N+](C)(C)C. The second kappa shape index (κ2) is 6.71. The topological polar surface area (TPSA) is 74.6 Å². The van der Waals surface area contributed by atoms with Crippen LogP contribution >= 0.6 is 0 Å². The summed E-state index contributed by atoms with van der Waals surface area (Å²) in [7, 11) is 5.54. The maximum atomic E-state index is 11.7. The minimum Gasteiger partial charge on any atom is -0.481 e. The molecule has 2 N–H and O–H groups in total. The van der Waals surface area contributed by atoms with Crippen LogP contribution in [0.1, 0.15) is 26.2 Å². The van der Waals surface area contributed by atoms with Crippen LogP contribution in [-0.4, -0.2) is 60.2 Å². The van der Waals surface area contributed by atoms with Crippen LogP contribution < -0.4 is 0 Å². The van der Waals surface area contributed by atoms with E-state index in [4.69, 9.17) is 5.11 Å². The van der Waals surface area contributed by atoms with Gasteiger partial charge >= 0.3 is 5.97 Å². The van der Waals surface area contributed by atoms with Gasteiger partial charge in [-0.05, 0) is 6.42 Å². The van der Waals surface area contributed by atoms with Crippen molar-refractivity contribution in [2.75, 3.05) is 27.7 Å². The highest BCUT2D eigenvalue weighted by Gasteiger charge is 2.35. The minimum absolute atomic E-state index is 0.224. The smallest absolute Gasteiger partial charge is 0.316 e. The second-order valence-corrected chi connectivity index (χ2v) is 5.43. The highest BCUT2D eigenvalue weighted by atomic mass is 16.4. The quantitative estimate of drug-likeness (QED) is 0.483. The fourth-order valence-electron chi connectivity index (χ4n) is 1.69. The molecule has 0 aliphatic rings. The van der Waals surface area contributed by atoms with Crippen molar-refractivity contribution in [3.8, 4) is 0 Å². The number of ketones is 1. The lowest BCUT2D eigenvalue weighted by Crippen LogP contribution is -2.47. The Hall–Kier alpha value is -0.940. The van der Waals surface area contributed by atoms with Gasteiger partial charge in [0.05, 0.1) is 21.1 Å². The van der Waals surface area contributed by atoms with Gasteiger partial charge in [0.25, 0.3) is 0 Å². The molecule has 0 aromatic heterocycles. The van der Waals surface area contributed by atoms with E-state index in [-0.39, 0.29) is 18.7 Å². The molecule has 2 atom stereocenters. The van der Waals surface area contributed by atoms with Gasteiger partial charge < -0.3 is 14.7 Å². The van der Waals surface area contributed by atoms with E-state index in [2.05, 4.69) is 0 Å². The molecule has 5 heteroatoms. The number of carboxylic acids is 1. The first-order chi connectivity index (χ1) is 7.69. The van der Waals surface area contributed by atoms with Crippen molar-refractivity contribution in [1.29, 1.82) is 0 Å². The van der Waals surface area contributed by atoms with Gasteiger partial charge in [-0.1, -0.05) is 13.3 Å². The molecule has 0 aromatic rings. The van der Waals surface area contributed by atoms with Crippen LogP contribution in [-0.2, 0) is 9.59 Å². The molecule has 0 saturated carbocycles. The predicted molar refractivity (Wildman–Crippen MR) is 64.6 cm³/mol. The van der Waals surface area contributed by atoms with Crippen molar-refractivity contribution in [1.82, 2.24) is 0 Å². The Morgan fingerprint density at radius 3 is 2.12 bits per heavy atom. The van der Waals surface area contributed by atoms with Gasteiger partial charge in [-0.15, -0.1) is 0 Å². The lowest BCUT2D eigenvalue weighted by molar-refractivity contribution is -0.873. The summed E-state index contributed by atoms with van der Waals surface area (Å²) >= 11 is 0. The summed E-state index contributed by atoms with van der Waals surface area (Å²) in [6, 6.07) is 0. The Morgan fingerprint density at radius 2 is 1.76 bits per heavy atom. The number of hydrogen-bond acceptors (Lipinski definition) is 3. The first-order valence-corrected chi connectivity index (χ1v) is 5.93. The summed E-state index contributed by atoms with van der Waals surface area (Å²) in [5.41, 5.74) is 0. The number of aliphatic hydroxyl groups excluding tert-OH is 1. The van der Waals surface area contributed by atoms with Gasteiger partial charge in [0.1, 0.15) is 24.3 Å². The molecule has 0 aliphatic heterocycles. The third-order valence-corrected chi connectivity index (χ3v) is 2.51. The van der Waals surface area contributed by atoms with Crippen molar-refractivity contribution < 1.29 is 24.3 Å². The average molecular weight is 246 g/mol. The molecule has 100 valence electrons. The maximum absolute atomic E-state index is 11.7. The maximum Gasteiger partial charge on any atom is 0.316 e. The van der Waals surface area contributed by atoms with E-state index in [1.165, 1.54) is 0 Å². The van der Waals surface area contributed by atoms with Crippen LogP contribution in [0.3, 0.4) is 0 Å². The molecule has 0 radical (unpaired) electrons. The van der Waals surface area contributed by atoms with E-state index >= 15 is 0 Å². The van der Waals surface area contributed by atoms with Gasteiger partial charge in [0.15, 0.2) is 0 Å². The number of aliphatic hydroxyl groups is 1. The lowest BCUT2D eigenvalue weighted by atomic mass is 9.93. The van der Waals surface area contributed by atoms with E-state index in [9.17, 15) is 14.7 Å². The summed E-state index contributed by atoms with van der Waals surface area (Å²) in [4.78, 5) is 22.8. The molecule has 0 bridgehead atoms. The summed E-state index contributed by atoms with van der Waals surface area (Å²) in [5.74, 6) is -2.90. The zero-order valence-corrected chi connectivity index (χ0v) is 11.1. The number of Topliss-reactive ketones (excluding diaryl/α,β-unsaturated/α-hetero) is 1. The van der Waals surface area contributed by atoms with Crippen LogP contribution in [0.15, 0.2) is 0 Å². The molecular formula is C12H24NO4+. The van der Waals surface area contributed by atoms with Crippen molar-refractivity contribution >= 4 is 11.8 Å². The van der Waals surface area contributed by atoms with Crippen molar-refractivity contribution in [2.45, 2.75) is 32.3 Å². The Morgan fingerprint density at radius 1 is 1.24 bits per heavy atom. The largest absolute Gasteiger partial charge is 0.481 e.